The molecule has 21 heavy (non-hydrogen) atoms. The summed E-state index contributed by atoms with van der Waals surface area (Å²) >= 11 is 6.84. The fraction of sp³-hybridized carbons (Fsp3) is 0.462. The van der Waals surface area contributed by atoms with Gasteiger partial charge in [0.25, 0.3) is 0 Å². The minimum absolute atomic E-state index is 0.0826. The van der Waals surface area contributed by atoms with Gasteiger partial charge in [0.1, 0.15) is 6.04 Å². The van der Waals surface area contributed by atoms with Crippen LogP contribution in [-0.2, 0) is 17.9 Å². The van der Waals surface area contributed by atoms with Gasteiger partial charge in [-0.1, -0.05) is 0 Å². The van der Waals surface area contributed by atoms with Gasteiger partial charge in [0.15, 0.2) is 0 Å². The van der Waals surface area contributed by atoms with Gasteiger partial charge in [-0.3, -0.25) is 14.2 Å². The zero-order valence-electron chi connectivity index (χ0n) is 12.1. The number of carbonyl (C=O) groups excluding carboxylic acids is 1. The van der Waals surface area contributed by atoms with E-state index in [2.05, 4.69) is 47.4 Å². The number of amides is 1. The molecule has 6 nitrogen and oxygen atoms in total. The lowest BCUT2D eigenvalue weighted by molar-refractivity contribution is -0.124. The Morgan fingerprint density at radius 1 is 1.43 bits per heavy atom. The molecule has 1 N–H and O–H groups in total. The molecule has 0 saturated carbocycles. The Labute approximate surface area is 140 Å². The summed E-state index contributed by atoms with van der Waals surface area (Å²) in [5, 5.41) is 11.5. The van der Waals surface area contributed by atoms with E-state index in [1.54, 1.807) is 10.9 Å². The van der Waals surface area contributed by atoms with Crippen LogP contribution in [0.15, 0.2) is 21.3 Å². The zero-order chi connectivity index (χ0) is 15.6. The van der Waals surface area contributed by atoms with Gasteiger partial charge >= 0.3 is 0 Å². The highest BCUT2D eigenvalue weighted by Crippen LogP contribution is 2.18. The quantitative estimate of drug-likeness (QED) is 0.811. The number of halogens is 2. The maximum atomic E-state index is 12.2. The van der Waals surface area contributed by atoms with Gasteiger partial charge < -0.3 is 5.32 Å². The second-order valence-electron chi connectivity index (χ2n) is 4.69. The molecule has 0 fully saturated rings. The minimum Gasteiger partial charge on any atom is -0.349 e. The Kier molecular flexibility index (Phi) is 5.21. The average Bonchev–Trinajstić information content (AvgIpc) is 2.98. The Morgan fingerprint density at radius 3 is 2.71 bits per heavy atom. The molecule has 0 radical (unpaired) electrons. The number of aryl methyl sites for hydroxylation is 2. The fourth-order valence-corrected chi connectivity index (χ4v) is 2.66. The molecule has 1 atom stereocenters. The molecule has 114 valence electrons. The third kappa shape index (κ3) is 3.55. The first-order chi connectivity index (χ1) is 9.93. The van der Waals surface area contributed by atoms with E-state index in [-0.39, 0.29) is 11.9 Å². The molecular weight excluding hydrogens is 402 g/mol. The SMILES string of the molecule is CCn1ncc(Br)c1CNC(=O)C(C)n1cc(Br)c(C)n1. The van der Waals surface area contributed by atoms with E-state index in [4.69, 9.17) is 0 Å². The maximum Gasteiger partial charge on any atom is 0.244 e. The summed E-state index contributed by atoms with van der Waals surface area (Å²) in [4.78, 5) is 12.2. The molecule has 0 aromatic carbocycles. The molecule has 2 aromatic heterocycles. The Bertz CT molecular complexity index is 630. The van der Waals surface area contributed by atoms with Crippen LogP contribution in [0.4, 0.5) is 0 Å². The van der Waals surface area contributed by atoms with Crippen LogP contribution < -0.4 is 5.32 Å². The Morgan fingerprint density at radius 2 is 2.14 bits per heavy atom. The van der Waals surface area contributed by atoms with Gasteiger partial charge in [-0.05, 0) is 52.6 Å². The normalized spacial score (nSPS) is 12.4. The third-order valence-corrected chi connectivity index (χ3v) is 4.70. The molecule has 0 spiro atoms. The number of rotatable bonds is 5. The van der Waals surface area contributed by atoms with Crippen LogP contribution in [-0.4, -0.2) is 25.5 Å². The molecule has 1 amide bonds. The molecule has 2 aromatic rings. The number of nitrogens with zero attached hydrogens (tertiary/aromatic N) is 4. The Balaban J connectivity index is 2.03. The van der Waals surface area contributed by atoms with Gasteiger partial charge in [-0.2, -0.15) is 10.2 Å². The van der Waals surface area contributed by atoms with Crippen molar-refractivity contribution in [2.45, 2.75) is 39.9 Å². The molecule has 1 unspecified atom stereocenters. The van der Waals surface area contributed by atoms with Crippen molar-refractivity contribution in [3.8, 4) is 0 Å². The molecule has 0 aliphatic rings. The first-order valence-corrected chi connectivity index (χ1v) is 8.21. The number of aromatic nitrogens is 4. The summed E-state index contributed by atoms with van der Waals surface area (Å²) in [6.45, 7) is 6.91. The molecular formula is C13H17Br2N5O. The van der Waals surface area contributed by atoms with Crippen molar-refractivity contribution in [3.05, 3.63) is 32.7 Å². The van der Waals surface area contributed by atoms with Gasteiger partial charge in [0, 0.05) is 12.7 Å². The highest BCUT2D eigenvalue weighted by molar-refractivity contribution is 9.10. The fourth-order valence-electron chi connectivity index (χ4n) is 1.93. The number of hydrogen-bond donors (Lipinski definition) is 1. The van der Waals surface area contributed by atoms with Crippen LogP contribution in [0.2, 0.25) is 0 Å². The lowest BCUT2D eigenvalue weighted by Crippen LogP contribution is -2.31. The molecule has 2 rings (SSSR count). The predicted molar refractivity (Wildman–Crippen MR) is 86.8 cm³/mol. The number of nitrogens with one attached hydrogen (secondary N) is 1. The molecule has 0 aliphatic carbocycles. The van der Waals surface area contributed by atoms with Crippen molar-refractivity contribution in [1.82, 2.24) is 24.9 Å². The zero-order valence-corrected chi connectivity index (χ0v) is 15.3. The standard InChI is InChI=1S/C13H17Br2N5O/c1-4-19-12(10(14)5-17-19)6-16-13(21)9(3)20-7-11(15)8(2)18-20/h5,7,9H,4,6H2,1-3H3,(H,16,21). The van der Waals surface area contributed by atoms with E-state index in [1.165, 1.54) is 0 Å². The van der Waals surface area contributed by atoms with Crippen molar-refractivity contribution in [3.63, 3.8) is 0 Å². The molecule has 0 aliphatic heterocycles. The second kappa shape index (κ2) is 6.74. The smallest absolute Gasteiger partial charge is 0.244 e. The van der Waals surface area contributed by atoms with E-state index in [9.17, 15) is 4.79 Å². The monoisotopic (exact) mass is 417 g/mol. The van der Waals surface area contributed by atoms with Gasteiger partial charge in [0.05, 0.1) is 33.1 Å². The van der Waals surface area contributed by atoms with E-state index in [0.29, 0.717) is 6.54 Å². The second-order valence-corrected chi connectivity index (χ2v) is 6.40. The number of carbonyl (C=O) groups is 1. The minimum atomic E-state index is -0.369. The van der Waals surface area contributed by atoms with Crippen molar-refractivity contribution in [2.24, 2.45) is 0 Å². The van der Waals surface area contributed by atoms with Crippen molar-refractivity contribution in [1.29, 1.82) is 0 Å². The van der Waals surface area contributed by atoms with E-state index in [1.807, 2.05) is 31.6 Å². The molecule has 2 heterocycles. The lowest BCUT2D eigenvalue weighted by Gasteiger charge is -2.13. The first kappa shape index (κ1) is 16.2. The van der Waals surface area contributed by atoms with E-state index in [0.717, 1.165) is 26.9 Å². The highest BCUT2D eigenvalue weighted by Gasteiger charge is 2.18. The summed E-state index contributed by atoms with van der Waals surface area (Å²) in [6.07, 6.45) is 3.55. The van der Waals surface area contributed by atoms with Crippen molar-refractivity contribution >= 4 is 37.8 Å². The average molecular weight is 419 g/mol. The molecule has 0 bridgehead atoms. The predicted octanol–water partition coefficient (Wildman–Crippen LogP) is 2.81. The Hall–Kier alpha value is -1.15. The van der Waals surface area contributed by atoms with Crippen LogP contribution >= 0.6 is 31.9 Å². The summed E-state index contributed by atoms with van der Waals surface area (Å²) in [5.41, 5.74) is 1.82. The van der Waals surface area contributed by atoms with Gasteiger partial charge in [-0.15, -0.1) is 0 Å². The summed E-state index contributed by atoms with van der Waals surface area (Å²) in [7, 11) is 0. The summed E-state index contributed by atoms with van der Waals surface area (Å²) < 4.78 is 5.30. The topological polar surface area (TPSA) is 64.7 Å². The maximum absolute atomic E-state index is 12.2. The first-order valence-electron chi connectivity index (χ1n) is 6.63. The van der Waals surface area contributed by atoms with Crippen LogP contribution in [0.1, 0.15) is 31.3 Å². The molecule has 0 saturated heterocycles. The molecule has 8 heteroatoms. The van der Waals surface area contributed by atoms with Crippen LogP contribution in [0.25, 0.3) is 0 Å². The van der Waals surface area contributed by atoms with Crippen LogP contribution in [0.3, 0.4) is 0 Å². The van der Waals surface area contributed by atoms with Crippen LogP contribution in [0.5, 0.6) is 0 Å². The van der Waals surface area contributed by atoms with E-state index < -0.39 is 0 Å². The highest BCUT2D eigenvalue weighted by atomic mass is 79.9. The lowest BCUT2D eigenvalue weighted by atomic mass is 10.3. The summed E-state index contributed by atoms with van der Waals surface area (Å²) in [6, 6.07) is -0.369. The number of hydrogen-bond acceptors (Lipinski definition) is 3. The third-order valence-electron chi connectivity index (χ3n) is 3.26. The van der Waals surface area contributed by atoms with Gasteiger partial charge in [-0.25, -0.2) is 0 Å². The van der Waals surface area contributed by atoms with Crippen molar-refractivity contribution in [2.75, 3.05) is 0 Å². The van der Waals surface area contributed by atoms with Crippen molar-refractivity contribution < 1.29 is 4.79 Å². The van der Waals surface area contributed by atoms with E-state index >= 15 is 0 Å². The van der Waals surface area contributed by atoms with Crippen LogP contribution in [0, 0.1) is 6.92 Å². The van der Waals surface area contributed by atoms with Gasteiger partial charge in [0.2, 0.25) is 5.91 Å². The largest absolute Gasteiger partial charge is 0.349 e. The summed E-state index contributed by atoms with van der Waals surface area (Å²) in [5.74, 6) is -0.0826.